The Morgan fingerprint density at radius 2 is 2.17 bits per heavy atom. The van der Waals surface area contributed by atoms with E-state index >= 15 is 0 Å². The van der Waals surface area contributed by atoms with E-state index in [4.69, 9.17) is 9.47 Å². The van der Waals surface area contributed by atoms with Gasteiger partial charge in [-0.25, -0.2) is 0 Å². The molecule has 0 saturated carbocycles. The molecule has 0 saturated heterocycles. The Morgan fingerprint density at radius 1 is 1.33 bits per heavy atom. The Bertz CT molecular complexity index is 307. The Balaban J connectivity index is 2.32. The third kappa shape index (κ3) is 1.13. The minimum atomic E-state index is 0.278. The van der Waals surface area contributed by atoms with Crippen LogP contribution in [0.5, 0.6) is 11.5 Å². The molecule has 1 heterocycles. The number of rotatable bonds is 2. The minimum Gasteiger partial charge on any atom is -0.454 e. The average molecular weight is 164 g/mol. The summed E-state index contributed by atoms with van der Waals surface area (Å²) in [6.07, 6.45) is 1.30. The van der Waals surface area contributed by atoms with Gasteiger partial charge in [0.15, 0.2) is 11.5 Å². The molecule has 0 amide bonds. The predicted molar refractivity (Wildman–Crippen MR) is 42.3 cm³/mol. The molecular formula is C9H8O3. The minimum absolute atomic E-state index is 0.278. The molecule has 0 N–H and O–H groups in total. The van der Waals surface area contributed by atoms with Gasteiger partial charge < -0.3 is 14.3 Å². The van der Waals surface area contributed by atoms with Crippen molar-refractivity contribution in [2.24, 2.45) is 0 Å². The molecule has 3 heteroatoms. The summed E-state index contributed by atoms with van der Waals surface area (Å²) in [5.74, 6) is 1.49. The highest BCUT2D eigenvalue weighted by atomic mass is 16.7. The molecule has 1 aromatic carbocycles. The fourth-order valence-corrected chi connectivity index (χ4v) is 1.16. The summed E-state index contributed by atoms with van der Waals surface area (Å²) in [4.78, 5) is 10.2. The molecule has 0 bridgehead atoms. The highest BCUT2D eigenvalue weighted by molar-refractivity contribution is 5.57. The SMILES string of the molecule is O=CCc1ccc2c(c1)OCO2. The smallest absolute Gasteiger partial charge is 0.231 e. The van der Waals surface area contributed by atoms with E-state index in [1.807, 2.05) is 18.2 Å². The van der Waals surface area contributed by atoms with Crippen molar-refractivity contribution in [2.75, 3.05) is 6.79 Å². The van der Waals surface area contributed by atoms with E-state index in [9.17, 15) is 4.79 Å². The monoisotopic (exact) mass is 164 g/mol. The van der Waals surface area contributed by atoms with Crippen LogP contribution in [0.4, 0.5) is 0 Å². The zero-order valence-corrected chi connectivity index (χ0v) is 6.45. The normalized spacial score (nSPS) is 13.0. The first-order valence-electron chi connectivity index (χ1n) is 3.72. The fourth-order valence-electron chi connectivity index (χ4n) is 1.16. The van der Waals surface area contributed by atoms with Gasteiger partial charge in [-0.2, -0.15) is 0 Å². The standard InChI is InChI=1S/C9H8O3/c10-4-3-7-1-2-8-9(5-7)12-6-11-8/h1-2,4-5H,3,6H2. The van der Waals surface area contributed by atoms with Crippen molar-refractivity contribution in [2.45, 2.75) is 6.42 Å². The Kier molecular flexibility index (Phi) is 1.70. The van der Waals surface area contributed by atoms with E-state index < -0.39 is 0 Å². The number of carbonyl (C=O) groups excluding carboxylic acids is 1. The van der Waals surface area contributed by atoms with Crippen LogP contribution in [0, 0.1) is 0 Å². The summed E-state index contributed by atoms with van der Waals surface area (Å²) in [6, 6.07) is 5.51. The fraction of sp³-hybridized carbons (Fsp3) is 0.222. The molecule has 0 fully saturated rings. The summed E-state index contributed by atoms with van der Waals surface area (Å²) < 4.78 is 10.3. The van der Waals surface area contributed by atoms with E-state index in [0.717, 1.165) is 23.3 Å². The van der Waals surface area contributed by atoms with Crippen molar-refractivity contribution < 1.29 is 14.3 Å². The molecule has 1 aromatic rings. The molecule has 0 spiro atoms. The number of ether oxygens (including phenoxy) is 2. The number of fused-ring (bicyclic) bond motifs is 1. The van der Waals surface area contributed by atoms with E-state index in [1.54, 1.807) is 0 Å². The highest BCUT2D eigenvalue weighted by Crippen LogP contribution is 2.32. The average Bonchev–Trinajstić information content (AvgIpc) is 2.51. The molecule has 1 aliphatic rings. The van der Waals surface area contributed by atoms with Crippen LogP contribution in [0.3, 0.4) is 0 Å². The van der Waals surface area contributed by atoms with E-state index in [-0.39, 0.29) is 6.79 Å². The lowest BCUT2D eigenvalue weighted by molar-refractivity contribution is -0.107. The largest absolute Gasteiger partial charge is 0.454 e. The molecule has 2 rings (SSSR count). The summed E-state index contributed by atoms with van der Waals surface area (Å²) in [5.41, 5.74) is 0.953. The van der Waals surface area contributed by atoms with Crippen LogP contribution >= 0.6 is 0 Å². The quantitative estimate of drug-likeness (QED) is 0.615. The van der Waals surface area contributed by atoms with Gasteiger partial charge in [0.25, 0.3) is 0 Å². The van der Waals surface area contributed by atoms with Crippen molar-refractivity contribution in [3.8, 4) is 11.5 Å². The Labute approximate surface area is 69.9 Å². The van der Waals surface area contributed by atoms with Gasteiger partial charge >= 0.3 is 0 Å². The maximum atomic E-state index is 10.2. The zero-order valence-electron chi connectivity index (χ0n) is 6.45. The third-order valence-corrected chi connectivity index (χ3v) is 1.76. The van der Waals surface area contributed by atoms with Crippen LogP contribution in [-0.2, 0) is 11.2 Å². The summed E-state index contributed by atoms with van der Waals surface area (Å²) in [5, 5.41) is 0. The molecule has 1 aliphatic heterocycles. The molecule has 3 nitrogen and oxygen atoms in total. The van der Waals surface area contributed by atoms with Crippen molar-refractivity contribution >= 4 is 6.29 Å². The molecule has 12 heavy (non-hydrogen) atoms. The highest BCUT2D eigenvalue weighted by Gasteiger charge is 2.12. The van der Waals surface area contributed by atoms with Crippen LogP contribution in [0.25, 0.3) is 0 Å². The second kappa shape index (κ2) is 2.85. The summed E-state index contributed by atoms with van der Waals surface area (Å²) in [6.45, 7) is 0.278. The van der Waals surface area contributed by atoms with Crippen LogP contribution < -0.4 is 9.47 Å². The molecule has 0 aromatic heterocycles. The number of hydrogen-bond acceptors (Lipinski definition) is 3. The zero-order chi connectivity index (χ0) is 8.39. The second-order valence-corrected chi connectivity index (χ2v) is 2.56. The molecule has 0 atom stereocenters. The lowest BCUT2D eigenvalue weighted by atomic mass is 10.1. The van der Waals surface area contributed by atoms with Gasteiger partial charge in [-0.15, -0.1) is 0 Å². The first kappa shape index (κ1) is 7.16. The predicted octanol–water partition coefficient (Wildman–Crippen LogP) is 1.16. The maximum absolute atomic E-state index is 10.2. The van der Waals surface area contributed by atoms with Crippen LogP contribution in [0.15, 0.2) is 18.2 Å². The topological polar surface area (TPSA) is 35.5 Å². The number of aldehydes is 1. The van der Waals surface area contributed by atoms with Gasteiger partial charge in [0, 0.05) is 6.42 Å². The van der Waals surface area contributed by atoms with E-state index in [1.165, 1.54) is 0 Å². The lowest BCUT2D eigenvalue weighted by Gasteiger charge is -1.97. The van der Waals surface area contributed by atoms with Gasteiger partial charge in [-0.1, -0.05) is 6.07 Å². The van der Waals surface area contributed by atoms with Crippen molar-refractivity contribution in [1.29, 1.82) is 0 Å². The van der Waals surface area contributed by atoms with Crippen LogP contribution in [0.2, 0.25) is 0 Å². The third-order valence-electron chi connectivity index (χ3n) is 1.76. The molecule has 0 radical (unpaired) electrons. The van der Waals surface area contributed by atoms with Gasteiger partial charge in [0.05, 0.1) is 0 Å². The second-order valence-electron chi connectivity index (χ2n) is 2.56. The van der Waals surface area contributed by atoms with Crippen molar-refractivity contribution in [3.63, 3.8) is 0 Å². The van der Waals surface area contributed by atoms with Crippen molar-refractivity contribution in [1.82, 2.24) is 0 Å². The van der Waals surface area contributed by atoms with E-state index in [2.05, 4.69) is 0 Å². The lowest BCUT2D eigenvalue weighted by Crippen LogP contribution is -1.92. The number of hydrogen-bond donors (Lipinski definition) is 0. The molecular weight excluding hydrogens is 156 g/mol. The van der Waals surface area contributed by atoms with Gasteiger partial charge in [-0.3, -0.25) is 0 Å². The van der Waals surface area contributed by atoms with Gasteiger partial charge in [0.2, 0.25) is 6.79 Å². The first-order valence-corrected chi connectivity index (χ1v) is 3.72. The Morgan fingerprint density at radius 3 is 3.00 bits per heavy atom. The summed E-state index contributed by atoms with van der Waals surface area (Å²) >= 11 is 0. The van der Waals surface area contributed by atoms with Crippen molar-refractivity contribution in [3.05, 3.63) is 23.8 Å². The molecule has 0 aliphatic carbocycles. The summed E-state index contributed by atoms with van der Waals surface area (Å²) in [7, 11) is 0. The molecule has 0 unspecified atom stereocenters. The number of carbonyl (C=O) groups is 1. The maximum Gasteiger partial charge on any atom is 0.231 e. The van der Waals surface area contributed by atoms with E-state index in [0.29, 0.717) is 6.42 Å². The van der Waals surface area contributed by atoms with Gasteiger partial charge in [0.1, 0.15) is 6.29 Å². The van der Waals surface area contributed by atoms with Crippen LogP contribution in [0.1, 0.15) is 5.56 Å². The molecule has 62 valence electrons. The van der Waals surface area contributed by atoms with Gasteiger partial charge in [-0.05, 0) is 17.7 Å². The number of benzene rings is 1. The first-order chi connectivity index (χ1) is 5.90. The Hall–Kier alpha value is -1.51. The van der Waals surface area contributed by atoms with Crippen LogP contribution in [-0.4, -0.2) is 13.1 Å².